The van der Waals surface area contributed by atoms with Gasteiger partial charge in [-0.15, -0.1) is 22.7 Å². The van der Waals surface area contributed by atoms with Crippen LogP contribution in [0.2, 0.25) is 0 Å². The number of pyridine rings is 2. The molecule has 5 aromatic heterocycles. The van der Waals surface area contributed by atoms with Crippen LogP contribution in [-0.4, -0.2) is 14.4 Å². The van der Waals surface area contributed by atoms with Crippen LogP contribution >= 0.6 is 22.7 Å². The van der Waals surface area contributed by atoms with Crippen LogP contribution in [0.1, 0.15) is 0 Å². The monoisotopic (exact) mass is 431 g/mol. The van der Waals surface area contributed by atoms with E-state index in [1.54, 1.807) is 0 Å². The minimum Gasteiger partial charge on any atom is -0.297 e. The van der Waals surface area contributed by atoms with Crippen LogP contribution in [0.25, 0.3) is 67.8 Å². The first-order valence-corrected chi connectivity index (χ1v) is 11.8. The summed E-state index contributed by atoms with van der Waals surface area (Å²) in [6.45, 7) is 0. The van der Waals surface area contributed by atoms with E-state index in [0.717, 1.165) is 16.6 Å². The van der Waals surface area contributed by atoms with Crippen molar-refractivity contribution in [1.82, 2.24) is 14.4 Å². The average Bonchev–Trinajstić information content (AvgIpc) is 3.53. The van der Waals surface area contributed by atoms with Crippen LogP contribution in [0.4, 0.5) is 0 Å². The maximum atomic E-state index is 4.68. The number of rotatable bonds is 0. The largest absolute Gasteiger partial charge is 0.297 e. The Morgan fingerprint density at radius 2 is 1.35 bits per heavy atom. The predicted molar refractivity (Wildman–Crippen MR) is 134 cm³/mol. The molecule has 0 aliphatic carbocycles. The number of imidazole rings is 1. The summed E-state index contributed by atoms with van der Waals surface area (Å²) in [5, 5.41) is 7.77. The van der Waals surface area contributed by atoms with Gasteiger partial charge in [0, 0.05) is 69.7 Å². The van der Waals surface area contributed by atoms with E-state index in [1.807, 2.05) is 41.1 Å². The highest BCUT2D eigenvalue weighted by Crippen LogP contribution is 2.47. The van der Waals surface area contributed by atoms with Crippen LogP contribution in [0.15, 0.2) is 79.3 Å². The second-order valence-electron chi connectivity index (χ2n) is 7.87. The molecule has 0 aliphatic rings. The van der Waals surface area contributed by atoms with Crippen molar-refractivity contribution in [3.05, 3.63) is 79.3 Å². The lowest BCUT2D eigenvalue weighted by Gasteiger charge is -2.09. The van der Waals surface area contributed by atoms with Gasteiger partial charge in [-0.05, 0) is 30.3 Å². The summed E-state index contributed by atoms with van der Waals surface area (Å²) in [5.74, 6) is 0. The molecule has 3 nitrogen and oxygen atoms in total. The number of fused-ring (bicyclic) bond motifs is 14. The predicted octanol–water partition coefficient (Wildman–Crippen LogP) is 7.77. The summed E-state index contributed by atoms with van der Waals surface area (Å²) in [6, 6.07) is 22.0. The zero-order valence-electron chi connectivity index (χ0n) is 16.2. The van der Waals surface area contributed by atoms with Crippen molar-refractivity contribution in [3.8, 4) is 0 Å². The summed E-state index contributed by atoms with van der Waals surface area (Å²) in [6.07, 6.45) is 5.80. The second kappa shape index (κ2) is 5.58. The lowest BCUT2D eigenvalue weighted by molar-refractivity contribution is 1.26. The Labute approximate surface area is 183 Å². The van der Waals surface area contributed by atoms with Crippen LogP contribution < -0.4 is 0 Å². The molecule has 0 amide bonds. The molecule has 31 heavy (non-hydrogen) atoms. The Morgan fingerprint density at radius 3 is 2.32 bits per heavy atom. The van der Waals surface area contributed by atoms with Gasteiger partial charge >= 0.3 is 0 Å². The minimum absolute atomic E-state index is 0.914. The van der Waals surface area contributed by atoms with Gasteiger partial charge in [0.1, 0.15) is 5.52 Å². The Kier molecular flexibility index (Phi) is 2.91. The lowest BCUT2D eigenvalue weighted by atomic mass is 10.0. The molecule has 5 heteroatoms. The van der Waals surface area contributed by atoms with Crippen LogP contribution in [0, 0.1) is 0 Å². The van der Waals surface area contributed by atoms with Crippen molar-refractivity contribution < 1.29 is 0 Å². The highest BCUT2D eigenvalue weighted by molar-refractivity contribution is 7.28. The molecule has 0 radical (unpaired) electrons. The summed E-state index contributed by atoms with van der Waals surface area (Å²) < 4.78 is 7.55. The van der Waals surface area contributed by atoms with Gasteiger partial charge in [0.25, 0.3) is 0 Å². The van der Waals surface area contributed by atoms with E-state index < -0.39 is 0 Å². The normalized spacial score (nSPS) is 12.5. The third-order valence-corrected chi connectivity index (χ3v) is 8.56. The number of hydrogen-bond donors (Lipinski definition) is 0. The molecule has 0 N–H and O–H groups in total. The molecule has 3 aromatic carbocycles. The van der Waals surface area contributed by atoms with E-state index in [4.69, 9.17) is 0 Å². The highest BCUT2D eigenvalue weighted by Gasteiger charge is 2.19. The summed E-state index contributed by atoms with van der Waals surface area (Å²) in [4.78, 5) is 9.34. The van der Waals surface area contributed by atoms with Gasteiger partial charge in [-0.2, -0.15) is 0 Å². The molecule has 0 bridgehead atoms. The zero-order chi connectivity index (χ0) is 20.1. The Morgan fingerprint density at radius 1 is 0.581 bits per heavy atom. The van der Waals surface area contributed by atoms with E-state index in [2.05, 4.69) is 75.2 Å². The summed E-state index contributed by atoms with van der Waals surface area (Å²) in [5.41, 5.74) is 3.09. The Balaban J connectivity index is 1.77. The number of benzene rings is 3. The quantitative estimate of drug-likeness (QED) is 0.230. The topological polar surface area (TPSA) is 30.2 Å². The summed E-state index contributed by atoms with van der Waals surface area (Å²) in [7, 11) is 0. The van der Waals surface area contributed by atoms with Crippen molar-refractivity contribution in [2.75, 3.05) is 0 Å². The first-order valence-electron chi connectivity index (χ1n) is 10.2. The molecular formula is C26H13N3S2. The molecule has 8 aromatic rings. The number of aromatic nitrogens is 3. The molecule has 0 saturated carbocycles. The smallest absolute Gasteiger partial charge is 0.163 e. The zero-order valence-corrected chi connectivity index (χ0v) is 17.8. The molecule has 8 rings (SSSR count). The van der Waals surface area contributed by atoms with E-state index in [-0.39, 0.29) is 0 Å². The first kappa shape index (κ1) is 16.2. The average molecular weight is 432 g/mol. The lowest BCUT2D eigenvalue weighted by Crippen LogP contribution is -1.92. The Hall–Kier alpha value is -3.54. The number of hydrogen-bond acceptors (Lipinski definition) is 4. The highest BCUT2D eigenvalue weighted by atomic mass is 32.1. The fourth-order valence-corrected chi connectivity index (χ4v) is 7.31. The van der Waals surface area contributed by atoms with Crippen LogP contribution in [0.5, 0.6) is 0 Å². The molecule has 0 spiro atoms. The maximum absolute atomic E-state index is 4.68. The van der Waals surface area contributed by atoms with Gasteiger partial charge in [0.2, 0.25) is 0 Å². The van der Waals surface area contributed by atoms with Gasteiger partial charge in [-0.3, -0.25) is 9.38 Å². The summed E-state index contributed by atoms with van der Waals surface area (Å²) >= 11 is 3.75. The van der Waals surface area contributed by atoms with Crippen LogP contribution in [0.3, 0.4) is 0 Å². The first-order chi connectivity index (χ1) is 15.4. The fourth-order valence-electron chi connectivity index (χ4n) is 5.08. The third-order valence-electron chi connectivity index (χ3n) is 6.31. The molecule has 0 atom stereocenters. The molecular weight excluding hydrogens is 418 g/mol. The van der Waals surface area contributed by atoms with Crippen molar-refractivity contribution >= 4 is 90.5 Å². The Bertz CT molecular complexity index is 2010. The van der Waals surface area contributed by atoms with Crippen molar-refractivity contribution in [1.29, 1.82) is 0 Å². The molecule has 0 fully saturated rings. The molecule has 0 unspecified atom stereocenters. The van der Waals surface area contributed by atoms with Crippen molar-refractivity contribution in [3.63, 3.8) is 0 Å². The molecule has 5 heterocycles. The van der Waals surface area contributed by atoms with E-state index >= 15 is 0 Å². The third kappa shape index (κ3) is 1.93. The molecule has 0 saturated heterocycles. The standard InChI is InChI=1S/C26H13N3S2/c1-2-6-17-16(4-1)21-18(30-17)9-10-19-22(21)23-20(31-19)8-7-15-14-5-3-11-27-24(14)26-28-12-13-29(26)25(15)23/h1-13H. The van der Waals surface area contributed by atoms with Crippen LogP contribution in [-0.2, 0) is 0 Å². The van der Waals surface area contributed by atoms with Gasteiger partial charge < -0.3 is 0 Å². The minimum atomic E-state index is 0.914. The van der Waals surface area contributed by atoms with E-state index in [9.17, 15) is 0 Å². The van der Waals surface area contributed by atoms with Gasteiger partial charge in [0.15, 0.2) is 5.65 Å². The fraction of sp³-hybridized carbons (Fsp3) is 0. The molecule has 144 valence electrons. The molecule has 0 aliphatic heterocycles. The van der Waals surface area contributed by atoms with Crippen molar-refractivity contribution in [2.45, 2.75) is 0 Å². The van der Waals surface area contributed by atoms with E-state index in [1.165, 1.54) is 51.2 Å². The number of thiophene rings is 2. The van der Waals surface area contributed by atoms with E-state index in [0.29, 0.717) is 0 Å². The van der Waals surface area contributed by atoms with Crippen molar-refractivity contribution in [2.24, 2.45) is 0 Å². The number of nitrogens with zero attached hydrogens (tertiary/aromatic N) is 3. The van der Waals surface area contributed by atoms with Gasteiger partial charge in [0.05, 0.1) is 5.52 Å². The maximum Gasteiger partial charge on any atom is 0.163 e. The second-order valence-corrected chi connectivity index (χ2v) is 10.0. The van der Waals surface area contributed by atoms with Gasteiger partial charge in [-0.25, -0.2) is 4.98 Å². The van der Waals surface area contributed by atoms with Gasteiger partial charge in [-0.1, -0.05) is 30.3 Å². The SMILES string of the molecule is c1ccc2c(c1)sc1ccc3sc4ccc5c6cccnc6c6nccn6c5c4c3c12.